The van der Waals surface area contributed by atoms with Gasteiger partial charge in [0.25, 0.3) is 5.91 Å². The quantitative estimate of drug-likeness (QED) is 0.908. The fourth-order valence-corrected chi connectivity index (χ4v) is 1.73. The average molecular weight is 296 g/mol. The van der Waals surface area contributed by atoms with E-state index in [0.29, 0.717) is 17.8 Å². The third-order valence-corrected chi connectivity index (χ3v) is 2.65. The normalized spacial score (nSPS) is 10.5. The molecule has 0 aliphatic rings. The summed E-state index contributed by atoms with van der Waals surface area (Å²) in [5, 5.41) is 10.9. The number of aromatic carboxylic acids is 1. The first-order chi connectivity index (χ1) is 9.79. The van der Waals surface area contributed by atoms with Crippen molar-refractivity contribution in [1.82, 2.24) is 4.98 Å². The van der Waals surface area contributed by atoms with Crippen LogP contribution in [0.5, 0.6) is 0 Å². The molecular formula is C13H10F2N2O4. The molecule has 0 radical (unpaired) electrons. The fraction of sp³-hybridized carbons (Fsp3) is 0.154. The monoisotopic (exact) mass is 296 g/mol. The van der Waals surface area contributed by atoms with Gasteiger partial charge >= 0.3 is 5.97 Å². The number of carbonyl (C=O) groups excluding carboxylic acids is 1. The van der Waals surface area contributed by atoms with Gasteiger partial charge in [-0.25, -0.2) is 18.6 Å². The van der Waals surface area contributed by atoms with Crippen LogP contribution in [0.25, 0.3) is 0 Å². The predicted octanol–water partition coefficient (Wildman–Crippen LogP) is 2.52. The smallest absolute Gasteiger partial charge is 0.338 e. The molecule has 8 heteroatoms. The Labute approximate surface area is 117 Å². The number of amides is 1. The summed E-state index contributed by atoms with van der Waals surface area (Å²) in [6, 6.07) is 1.08. The van der Waals surface area contributed by atoms with Gasteiger partial charge in [0.1, 0.15) is 11.6 Å². The number of aryl methyl sites for hydroxylation is 2. The Kier molecular flexibility index (Phi) is 3.70. The Hall–Kier alpha value is -2.77. The third kappa shape index (κ3) is 2.88. The van der Waals surface area contributed by atoms with E-state index in [-0.39, 0.29) is 11.7 Å². The van der Waals surface area contributed by atoms with Gasteiger partial charge in [-0.05, 0) is 13.0 Å². The predicted molar refractivity (Wildman–Crippen MR) is 67.2 cm³/mol. The third-order valence-electron chi connectivity index (χ3n) is 2.65. The number of rotatable bonds is 3. The van der Waals surface area contributed by atoms with Crippen molar-refractivity contribution in [3.63, 3.8) is 0 Å². The molecule has 0 saturated heterocycles. The lowest BCUT2D eigenvalue weighted by Crippen LogP contribution is -2.15. The maximum atomic E-state index is 13.6. The second kappa shape index (κ2) is 5.31. The molecule has 1 aromatic carbocycles. The van der Waals surface area contributed by atoms with E-state index < -0.39 is 34.8 Å². The molecular weight excluding hydrogens is 286 g/mol. The fourth-order valence-electron chi connectivity index (χ4n) is 1.73. The molecule has 6 nitrogen and oxygen atoms in total. The Bertz CT molecular complexity index is 740. The average Bonchev–Trinajstić information content (AvgIpc) is 2.71. The van der Waals surface area contributed by atoms with Crippen molar-refractivity contribution in [3.8, 4) is 0 Å². The number of nitrogens with zero attached hydrogens (tertiary/aromatic N) is 1. The molecule has 0 saturated carbocycles. The molecule has 2 aromatic rings. The first kappa shape index (κ1) is 14.6. The topological polar surface area (TPSA) is 92.4 Å². The first-order valence-corrected chi connectivity index (χ1v) is 5.77. The number of halogens is 2. The van der Waals surface area contributed by atoms with Gasteiger partial charge in [0.05, 0.1) is 16.9 Å². The summed E-state index contributed by atoms with van der Waals surface area (Å²) in [7, 11) is 0. The number of carboxylic acids is 1. The molecule has 2 rings (SSSR count). The minimum absolute atomic E-state index is 0.131. The molecule has 110 valence electrons. The second-order valence-corrected chi connectivity index (χ2v) is 4.22. The minimum Gasteiger partial charge on any atom is -0.478 e. The van der Waals surface area contributed by atoms with E-state index >= 15 is 0 Å². The molecule has 0 spiro atoms. The summed E-state index contributed by atoms with van der Waals surface area (Å²) in [4.78, 5) is 26.6. The number of nitrogens with one attached hydrogen (secondary N) is 1. The molecule has 0 unspecified atom stereocenters. The molecule has 0 bridgehead atoms. The number of anilines is 1. The second-order valence-electron chi connectivity index (χ2n) is 4.22. The highest BCUT2D eigenvalue weighted by molar-refractivity contribution is 6.03. The number of oxazole rings is 1. The Balaban J connectivity index is 2.35. The summed E-state index contributed by atoms with van der Waals surface area (Å²) in [6.45, 7) is 3.06. The van der Waals surface area contributed by atoms with Crippen molar-refractivity contribution in [2.24, 2.45) is 0 Å². The standard InChI is InChI=1S/C13H10F2N2O4/c1-5-11(21-6(2)16-5)12(18)17-10-3-7(13(19)20)8(14)4-9(10)15/h3-4H,1-2H3,(H,17,18)(H,19,20). The van der Waals surface area contributed by atoms with E-state index in [2.05, 4.69) is 10.3 Å². The SMILES string of the molecule is Cc1nc(C)c(C(=O)Nc2cc(C(=O)O)c(F)cc2F)o1. The van der Waals surface area contributed by atoms with E-state index in [1.54, 1.807) is 0 Å². The first-order valence-electron chi connectivity index (χ1n) is 5.77. The van der Waals surface area contributed by atoms with Crippen molar-refractivity contribution in [2.45, 2.75) is 13.8 Å². The van der Waals surface area contributed by atoms with Crippen LogP contribution in [0.1, 0.15) is 32.5 Å². The molecule has 0 aliphatic heterocycles. The lowest BCUT2D eigenvalue weighted by molar-refractivity contribution is 0.0691. The van der Waals surface area contributed by atoms with Crippen molar-refractivity contribution >= 4 is 17.6 Å². The number of benzene rings is 1. The van der Waals surface area contributed by atoms with Gasteiger partial charge < -0.3 is 14.8 Å². The molecule has 1 heterocycles. The maximum absolute atomic E-state index is 13.6. The van der Waals surface area contributed by atoms with Gasteiger partial charge in [-0.15, -0.1) is 0 Å². The molecule has 0 fully saturated rings. The zero-order valence-corrected chi connectivity index (χ0v) is 11.0. The summed E-state index contributed by atoms with van der Waals surface area (Å²) in [6.07, 6.45) is 0. The summed E-state index contributed by atoms with van der Waals surface area (Å²) in [5.74, 6) is -4.59. The molecule has 1 amide bonds. The number of hydrogen-bond acceptors (Lipinski definition) is 4. The number of carboxylic acid groups (broad SMARTS) is 1. The van der Waals surface area contributed by atoms with E-state index in [1.807, 2.05) is 0 Å². The van der Waals surface area contributed by atoms with E-state index in [0.717, 1.165) is 0 Å². The molecule has 0 atom stereocenters. The van der Waals surface area contributed by atoms with E-state index in [9.17, 15) is 18.4 Å². The summed E-state index contributed by atoms with van der Waals surface area (Å²) < 4.78 is 31.9. The zero-order chi connectivity index (χ0) is 15.7. The number of hydrogen-bond donors (Lipinski definition) is 2. The van der Waals surface area contributed by atoms with Crippen molar-refractivity contribution in [3.05, 3.63) is 46.7 Å². The van der Waals surface area contributed by atoms with Crippen molar-refractivity contribution < 1.29 is 27.9 Å². The van der Waals surface area contributed by atoms with Crippen LogP contribution >= 0.6 is 0 Å². The van der Waals surface area contributed by atoms with Gasteiger partial charge in [0.15, 0.2) is 5.89 Å². The van der Waals surface area contributed by atoms with Crippen LogP contribution < -0.4 is 5.32 Å². The lowest BCUT2D eigenvalue weighted by Gasteiger charge is -2.07. The molecule has 0 aliphatic carbocycles. The van der Waals surface area contributed by atoms with Crippen LogP contribution in [0, 0.1) is 25.5 Å². The van der Waals surface area contributed by atoms with Gasteiger partial charge in [-0.1, -0.05) is 0 Å². The molecule has 2 N–H and O–H groups in total. The van der Waals surface area contributed by atoms with Gasteiger partial charge in [0, 0.05) is 13.0 Å². The van der Waals surface area contributed by atoms with Crippen LogP contribution in [0.2, 0.25) is 0 Å². The lowest BCUT2D eigenvalue weighted by atomic mass is 10.1. The summed E-state index contributed by atoms with van der Waals surface area (Å²) in [5.41, 5.74) is -0.921. The van der Waals surface area contributed by atoms with Gasteiger partial charge in [-0.2, -0.15) is 0 Å². The Morgan fingerprint density at radius 1 is 1.24 bits per heavy atom. The van der Waals surface area contributed by atoms with Gasteiger partial charge in [-0.3, -0.25) is 4.79 Å². The molecule has 21 heavy (non-hydrogen) atoms. The Morgan fingerprint density at radius 2 is 1.90 bits per heavy atom. The van der Waals surface area contributed by atoms with Crippen molar-refractivity contribution in [2.75, 3.05) is 5.32 Å². The van der Waals surface area contributed by atoms with Crippen LogP contribution in [0.15, 0.2) is 16.5 Å². The van der Waals surface area contributed by atoms with E-state index in [1.165, 1.54) is 13.8 Å². The maximum Gasteiger partial charge on any atom is 0.338 e. The molecule has 1 aromatic heterocycles. The highest BCUT2D eigenvalue weighted by Gasteiger charge is 2.20. The van der Waals surface area contributed by atoms with Crippen LogP contribution in [-0.4, -0.2) is 22.0 Å². The highest BCUT2D eigenvalue weighted by Crippen LogP contribution is 2.21. The highest BCUT2D eigenvalue weighted by atomic mass is 19.1. The zero-order valence-electron chi connectivity index (χ0n) is 11.0. The minimum atomic E-state index is -1.57. The Morgan fingerprint density at radius 3 is 2.43 bits per heavy atom. The van der Waals surface area contributed by atoms with Crippen LogP contribution in [0.4, 0.5) is 14.5 Å². The number of carbonyl (C=O) groups is 2. The largest absolute Gasteiger partial charge is 0.478 e. The van der Waals surface area contributed by atoms with Crippen LogP contribution in [0.3, 0.4) is 0 Å². The summed E-state index contributed by atoms with van der Waals surface area (Å²) >= 11 is 0. The van der Waals surface area contributed by atoms with Crippen LogP contribution in [-0.2, 0) is 0 Å². The number of aromatic nitrogens is 1. The van der Waals surface area contributed by atoms with Gasteiger partial charge in [0.2, 0.25) is 5.76 Å². The van der Waals surface area contributed by atoms with E-state index in [4.69, 9.17) is 9.52 Å². The van der Waals surface area contributed by atoms with Crippen molar-refractivity contribution in [1.29, 1.82) is 0 Å².